The zero-order valence-corrected chi connectivity index (χ0v) is 20.9. The average Bonchev–Trinajstić information content (AvgIpc) is 3.15. The molecule has 1 saturated carbocycles. The first-order valence-electron chi connectivity index (χ1n) is 12.7. The van der Waals surface area contributed by atoms with E-state index in [1.165, 1.54) is 32.1 Å². The number of aliphatic carboxylic acids is 1. The van der Waals surface area contributed by atoms with E-state index in [0.717, 1.165) is 34.7 Å². The zero-order valence-electron chi connectivity index (χ0n) is 20.9. The summed E-state index contributed by atoms with van der Waals surface area (Å²) in [6.07, 6.45) is 8.68. The second-order valence-corrected chi connectivity index (χ2v) is 10.2. The van der Waals surface area contributed by atoms with Gasteiger partial charge in [-0.25, -0.2) is 4.98 Å². The molecule has 186 valence electrons. The van der Waals surface area contributed by atoms with Gasteiger partial charge in [-0.1, -0.05) is 62.9 Å². The minimum absolute atomic E-state index is 0.186. The molecule has 1 aliphatic rings. The summed E-state index contributed by atoms with van der Waals surface area (Å²) in [5, 5.41) is 16.0. The SMILES string of the molecule is Cc1ccc(C(CC(=O)O)NC(=O)c2ccn3c(NC4CCCCC4)c(CC(C)C)nc3c2)cc1. The molecular formula is C28H36N4O3. The molecule has 7 nitrogen and oxygen atoms in total. The number of fused-ring (bicyclic) bond motifs is 1. The number of carboxylic acid groups (broad SMARTS) is 1. The number of hydrogen-bond acceptors (Lipinski definition) is 4. The number of carboxylic acids is 1. The first kappa shape index (κ1) is 24.8. The Kier molecular flexibility index (Phi) is 7.73. The molecule has 3 N–H and O–H groups in total. The highest BCUT2D eigenvalue weighted by molar-refractivity contribution is 5.95. The molecule has 3 aromatic rings. The van der Waals surface area contributed by atoms with Crippen molar-refractivity contribution < 1.29 is 14.7 Å². The van der Waals surface area contributed by atoms with Gasteiger partial charge in [-0.05, 0) is 49.8 Å². The van der Waals surface area contributed by atoms with Crippen molar-refractivity contribution in [2.24, 2.45) is 5.92 Å². The fourth-order valence-electron chi connectivity index (χ4n) is 4.82. The molecule has 1 amide bonds. The van der Waals surface area contributed by atoms with Crippen LogP contribution in [-0.4, -0.2) is 32.4 Å². The normalized spacial score (nSPS) is 15.3. The van der Waals surface area contributed by atoms with Gasteiger partial charge in [0.25, 0.3) is 5.91 Å². The molecular weight excluding hydrogens is 440 g/mol. The Morgan fingerprint density at radius 2 is 1.83 bits per heavy atom. The largest absolute Gasteiger partial charge is 0.481 e. The van der Waals surface area contributed by atoms with E-state index in [0.29, 0.717) is 17.5 Å². The van der Waals surface area contributed by atoms with E-state index in [9.17, 15) is 14.7 Å². The Bertz CT molecular complexity index is 1180. The van der Waals surface area contributed by atoms with Crippen LogP contribution >= 0.6 is 0 Å². The van der Waals surface area contributed by atoms with Crippen molar-refractivity contribution in [2.75, 3.05) is 5.32 Å². The maximum Gasteiger partial charge on any atom is 0.305 e. The third-order valence-electron chi connectivity index (χ3n) is 6.67. The number of carbonyl (C=O) groups is 2. The standard InChI is InChI=1S/C28H36N4O3/c1-18(2)15-24-27(29-22-7-5-4-6-8-22)32-14-13-21(16-25(32)30-24)28(35)31-23(17-26(33)34)20-11-9-19(3)10-12-20/h9-14,16,18,22-23,29H,4-8,15,17H2,1-3H3,(H,31,35)(H,33,34). The molecule has 0 aliphatic heterocycles. The lowest BCUT2D eigenvalue weighted by Crippen LogP contribution is -2.30. The van der Waals surface area contributed by atoms with Crippen LogP contribution in [0.1, 0.15) is 85.6 Å². The number of nitrogens with zero attached hydrogens (tertiary/aromatic N) is 2. The number of benzene rings is 1. The van der Waals surface area contributed by atoms with Crippen molar-refractivity contribution in [3.05, 3.63) is 65.0 Å². The molecule has 1 unspecified atom stereocenters. The van der Waals surface area contributed by atoms with E-state index in [2.05, 4.69) is 24.5 Å². The van der Waals surface area contributed by atoms with E-state index in [4.69, 9.17) is 4.98 Å². The van der Waals surface area contributed by atoms with Gasteiger partial charge in [0.1, 0.15) is 11.5 Å². The maximum absolute atomic E-state index is 13.2. The van der Waals surface area contributed by atoms with Gasteiger partial charge in [0.2, 0.25) is 0 Å². The summed E-state index contributed by atoms with van der Waals surface area (Å²) in [5.74, 6) is 0.211. The maximum atomic E-state index is 13.2. The van der Waals surface area contributed by atoms with Crippen LogP contribution in [0, 0.1) is 12.8 Å². The van der Waals surface area contributed by atoms with Crippen molar-refractivity contribution in [1.82, 2.24) is 14.7 Å². The number of aromatic nitrogens is 2. The molecule has 4 rings (SSSR count). The van der Waals surface area contributed by atoms with Crippen LogP contribution in [0.4, 0.5) is 5.82 Å². The molecule has 2 aromatic heterocycles. The monoisotopic (exact) mass is 476 g/mol. The number of amides is 1. The molecule has 0 spiro atoms. The van der Waals surface area contributed by atoms with Gasteiger partial charge in [0.15, 0.2) is 0 Å². The van der Waals surface area contributed by atoms with Crippen LogP contribution in [0.2, 0.25) is 0 Å². The van der Waals surface area contributed by atoms with Crippen LogP contribution in [0.3, 0.4) is 0 Å². The number of rotatable bonds is 9. The van der Waals surface area contributed by atoms with Gasteiger partial charge < -0.3 is 15.7 Å². The molecule has 0 bridgehead atoms. The minimum Gasteiger partial charge on any atom is -0.481 e. The van der Waals surface area contributed by atoms with Gasteiger partial charge in [-0.3, -0.25) is 14.0 Å². The van der Waals surface area contributed by atoms with Crippen LogP contribution in [0.15, 0.2) is 42.6 Å². The van der Waals surface area contributed by atoms with E-state index in [1.54, 1.807) is 12.1 Å². The van der Waals surface area contributed by atoms with E-state index < -0.39 is 12.0 Å². The molecule has 35 heavy (non-hydrogen) atoms. The first-order valence-corrected chi connectivity index (χ1v) is 12.7. The van der Waals surface area contributed by atoms with Crippen LogP contribution in [0.25, 0.3) is 5.65 Å². The topological polar surface area (TPSA) is 95.7 Å². The molecule has 0 radical (unpaired) electrons. The molecule has 2 heterocycles. The summed E-state index contributed by atoms with van der Waals surface area (Å²) in [4.78, 5) is 29.5. The number of hydrogen-bond donors (Lipinski definition) is 3. The molecule has 0 saturated heterocycles. The molecule has 1 aliphatic carbocycles. The highest BCUT2D eigenvalue weighted by Crippen LogP contribution is 2.27. The van der Waals surface area contributed by atoms with Crippen LogP contribution in [0.5, 0.6) is 0 Å². The average molecular weight is 477 g/mol. The summed E-state index contributed by atoms with van der Waals surface area (Å²) >= 11 is 0. The Labute approximate surface area is 207 Å². The van der Waals surface area contributed by atoms with Gasteiger partial charge in [0.05, 0.1) is 18.2 Å². The highest BCUT2D eigenvalue weighted by atomic mass is 16.4. The van der Waals surface area contributed by atoms with E-state index in [-0.39, 0.29) is 12.3 Å². The molecule has 1 fully saturated rings. The second-order valence-electron chi connectivity index (χ2n) is 10.2. The van der Waals surface area contributed by atoms with Gasteiger partial charge in [-0.15, -0.1) is 0 Å². The van der Waals surface area contributed by atoms with Crippen molar-refractivity contribution >= 4 is 23.3 Å². The predicted octanol–water partition coefficient (Wildman–Crippen LogP) is 5.53. The lowest BCUT2D eigenvalue weighted by atomic mass is 9.95. The first-order chi connectivity index (χ1) is 16.8. The van der Waals surface area contributed by atoms with Crippen LogP contribution in [-0.2, 0) is 11.2 Å². The van der Waals surface area contributed by atoms with Gasteiger partial charge in [-0.2, -0.15) is 0 Å². The smallest absolute Gasteiger partial charge is 0.305 e. The molecule has 1 atom stereocenters. The van der Waals surface area contributed by atoms with Crippen molar-refractivity contribution in [2.45, 2.75) is 77.8 Å². The number of aryl methyl sites for hydroxylation is 1. The van der Waals surface area contributed by atoms with Gasteiger partial charge in [0, 0.05) is 17.8 Å². The third-order valence-corrected chi connectivity index (χ3v) is 6.67. The highest BCUT2D eigenvalue weighted by Gasteiger charge is 2.22. The quantitative estimate of drug-likeness (QED) is 0.377. The predicted molar refractivity (Wildman–Crippen MR) is 138 cm³/mol. The minimum atomic E-state index is -0.962. The fourth-order valence-corrected chi connectivity index (χ4v) is 4.82. The Hall–Kier alpha value is -3.35. The summed E-state index contributed by atoms with van der Waals surface area (Å²) in [6, 6.07) is 11.0. The number of anilines is 1. The zero-order chi connectivity index (χ0) is 24.9. The molecule has 1 aromatic carbocycles. The Balaban J connectivity index is 1.60. The van der Waals surface area contributed by atoms with E-state index >= 15 is 0 Å². The summed E-state index contributed by atoms with van der Waals surface area (Å²) in [6.45, 7) is 6.33. The second kappa shape index (κ2) is 10.9. The van der Waals surface area contributed by atoms with Crippen LogP contribution < -0.4 is 10.6 Å². The van der Waals surface area contributed by atoms with Crippen molar-refractivity contribution in [1.29, 1.82) is 0 Å². The fraction of sp³-hybridized carbons (Fsp3) is 0.464. The Morgan fingerprint density at radius 3 is 2.49 bits per heavy atom. The lowest BCUT2D eigenvalue weighted by Gasteiger charge is -2.24. The van der Waals surface area contributed by atoms with Gasteiger partial charge >= 0.3 is 5.97 Å². The van der Waals surface area contributed by atoms with Crippen molar-refractivity contribution in [3.8, 4) is 0 Å². The molecule has 7 heteroatoms. The number of pyridine rings is 1. The van der Waals surface area contributed by atoms with E-state index in [1.807, 2.05) is 41.8 Å². The lowest BCUT2D eigenvalue weighted by molar-refractivity contribution is -0.137. The Morgan fingerprint density at radius 1 is 1.11 bits per heavy atom. The summed E-state index contributed by atoms with van der Waals surface area (Å²) in [7, 11) is 0. The number of carbonyl (C=O) groups excluding carboxylic acids is 1. The van der Waals surface area contributed by atoms with Crippen molar-refractivity contribution in [3.63, 3.8) is 0 Å². The number of imidazole rings is 1. The summed E-state index contributed by atoms with van der Waals surface area (Å²) in [5.41, 5.74) is 4.05. The third kappa shape index (κ3) is 6.21. The number of nitrogens with one attached hydrogen (secondary N) is 2. The summed E-state index contributed by atoms with van der Waals surface area (Å²) < 4.78 is 2.04.